The number of carbonyl (C=O) groups excluding carboxylic acids is 2. The minimum atomic E-state index is -0.201. The average Bonchev–Trinajstić information content (AvgIpc) is 3.08. The van der Waals surface area contributed by atoms with Gasteiger partial charge < -0.3 is 15.1 Å². The van der Waals surface area contributed by atoms with Gasteiger partial charge in [-0.05, 0) is 62.4 Å². The third-order valence-electron chi connectivity index (χ3n) is 5.47. The van der Waals surface area contributed by atoms with Crippen molar-refractivity contribution in [2.75, 3.05) is 43.9 Å². The highest BCUT2D eigenvalue weighted by Crippen LogP contribution is 2.29. The molecule has 1 aromatic carbocycles. The minimum absolute atomic E-state index is 0.0577. The number of hydrogen-bond donors (Lipinski definition) is 1. The van der Waals surface area contributed by atoms with E-state index in [9.17, 15) is 9.59 Å². The molecule has 1 aromatic rings. The second-order valence-electron chi connectivity index (χ2n) is 7.18. The summed E-state index contributed by atoms with van der Waals surface area (Å²) in [6.45, 7) is 6.31. The number of nitrogens with one attached hydrogen (secondary N) is 1. The first-order valence-corrected chi connectivity index (χ1v) is 10.8. The smallest absolute Gasteiger partial charge is 0.228 e. The molecular formula is C20H29N3O2S. The molecule has 2 aliphatic rings. The monoisotopic (exact) mass is 375 g/mol. The zero-order chi connectivity index (χ0) is 18.5. The average molecular weight is 376 g/mol. The molecule has 2 amide bonds. The Bertz CT molecular complexity index is 626. The molecule has 0 aromatic heterocycles. The zero-order valence-electron chi connectivity index (χ0n) is 15.7. The first-order valence-electron chi connectivity index (χ1n) is 9.56. The molecule has 2 heterocycles. The van der Waals surface area contributed by atoms with Crippen LogP contribution in [0.3, 0.4) is 0 Å². The van der Waals surface area contributed by atoms with Crippen LogP contribution < -0.4 is 10.2 Å². The van der Waals surface area contributed by atoms with Crippen molar-refractivity contribution in [3.8, 4) is 0 Å². The van der Waals surface area contributed by atoms with Crippen molar-refractivity contribution in [2.45, 2.75) is 31.1 Å². The summed E-state index contributed by atoms with van der Waals surface area (Å²) in [5.41, 5.74) is 0.896. The van der Waals surface area contributed by atoms with Crippen LogP contribution in [0.25, 0.3) is 0 Å². The van der Waals surface area contributed by atoms with E-state index in [4.69, 9.17) is 0 Å². The number of carbonyl (C=O) groups is 2. The predicted octanol–water partition coefficient (Wildman–Crippen LogP) is 2.61. The molecule has 0 saturated carbocycles. The minimum Gasteiger partial charge on any atom is -0.342 e. The van der Waals surface area contributed by atoms with Gasteiger partial charge in [-0.1, -0.05) is 6.92 Å². The van der Waals surface area contributed by atoms with E-state index in [1.807, 2.05) is 35.4 Å². The number of likely N-dealkylation sites (tertiary alicyclic amines) is 1. The van der Waals surface area contributed by atoms with Gasteiger partial charge in [0.15, 0.2) is 0 Å². The lowest BCUT2D eigenvalue weighted by Crippen LogP contribution is -2.44. The Morgan fingerprint density at radius 2 is 1.92 bits per heavy atom. The van der Waals surface area contributed by atoms with Gasteiger partial charge in [0.2, 0.25) is 11.8 Å². The Morgan fingerprint density at radius 3 is 2.54 bits per heavy atom. The van der Waals surface area contributed by atoms with Gasteiger partial charge in [0, 0.05) is 36.6 Å². The van der Waals surface area contributed by atoms with Gasteiger partial charge in [0.25, 0.3) is 0 Å². The standard InChI is InChI=1S/C20H29N3O2S/c1-3-21-13-15-8-10-22(11-9-15)20(25)16-12-19(24)23(14-16)17-4-6-18(26-2)7-5-17/h4-7,15-16,21H,3,8-14H2,1-2H3. The highest BCUT2D eigenvalue weighted by molar-refractivity contribution is 7.98. The van der Waals surface area contributed by atoms with Gasteiger partial charge in [0.05, 0.1) is 5.92 Å². The molecule has 3 rings (SSSR count). The van der Waals surface area contributed by atoms with E-state index in [-0.39, 0.29) is 17.7 Å². The van der Waals surface area contributed by atoms with Gasteiger partial charge in [-0.3, -0.25) is 9.59 Å². The third kappa shape index (κ3) is 4.41. The van der Waals surface area contributed by atoms with E-state index in [2.05, 4.69) is 12.2 Å². The van der Waals surface area contributed by atoms with Crippen LogP contribution in [0.4, 0.5) is 5.69 Å². The first-order chi connectivity index (χ1) is 12.6. The van der Waals surface area contributed by atoms with Crippen molar-refractivity contribution < 1.29 is 9.59 Å². The number of amides is 2. The summed E-state index contributed by atoms with van der Waals surface area (Å²) in [4.78, 5) is 30.2. The molecule has 6 heteroatoms. The molecule has 2 fully saturated rings. The molecule has 5 nitrogen and oxygen atoms in total. The summed E-state index contributed by atoms with van der Waals surface area (Å²) in [7, 11) is 0. The lowest BCUT2D eigenvalue weighted by Gasteiger charge is -2.33. The Kier molecular flexibility index (Phi) is 6.59. The first kappa shape index (κ1) is 19.2. The molecule has 1 unspecified atom stereocenters. The van der Waals surface area contributed by atoms with E-state index in [1.165, 1.54) is 4.90 Å². The second-order valence-corrected chi connectivity index (χ2v) is 8.06. The molecule has 1 atom stereocenters. The van der Waals surface area contributed by atoms with Crippen LogP contribution in [0.1, 0.15) is 26.2 Å². The number of thioether (sulfide) groups is 1. The number of anilines is 1. The van der Waals surface area contributed by atoms with E-state index in [0.717, 1.165) is 44.7 Å². The lowest BCUT2D eigenvalue weighted by atomic mass is 9.95. The number of benzene rings is 1. The van der Waals surface area contributed by atoms with Gasteiger partial charge >= 0.3 is 0 Å². The van der Waals surface area contributed by atoms with Crippen LogP contribution in [0.2, 0.25) is 0 Å². The predicted molar refractivity (Wildman–Crippen MR) is 107 cm³/mol. The van der Waals surface area contributed by atoms with E-state index in [0.29, 0.717) is 18.9 Å². The van der Waals surface area contributed by atoms with Crippen LogP contribution in [-0.4, -0.2) is 55.7 Å². The summed E-state index contributed by atoms with van der Waals surface area (Å²) in [5, 5.41) is 3.40. The van der Waals surface area contributed by atoms with Gasteiger partial charge in [-0.15, -0.1) is 11.8 Å². The number of piperidine rings is 1. The summed E-state index contributed by atoms with van der Waals surface area (Å²) in [6, 6.07) is 8.00. The van der Waals surface area contributed by atoms with Gasteiger partial charge in [0.1, 0.15) is 0 Å². The second kappa shape index (κ2) is 8.91. The van der Waals surface area contributed by atoms with Crippen LogP contribution in [-0.2, 0) is 9.59 Å². The Labute approximate surface area is 160 Å². The zero-order valence-corrected chi connectivity index (χ0v) is 16.6. The fourth-order valence-electron chi connectivity index (χ4n) is 3.85. The highest BCUT2D eigenvalue weighted by Gasteiger charge is 2.38. The maximum atomic E-state index is 12.9. The molecule has 0 bridgehead atoms. The molecule has 0 radical (unpaired) electrons. The molecule has 142 valence electrons. The Hall–Kier alpha value is -1.53. The quantitative estimate of drug-likeness (QED) is 0.777. The molecule has 0 aliphatic carbocycles. The van der Waals surface area contributed by atoms with E-state index in [1.54, 1.807) is 16.7 Å². The molecule has 0 spiro atoms. The fourth-order valence-corrected chi connectivity index (χ4v) is 4.26. The molecular weight excluding hydrogens is 346 g/mol. The Balaban J connectivity index is 1.55. The van der Waals surface area contributed by atoms with Gasteiger partial charge in [-0.25, -0.2) is 0 Å². The fraction of sp³-hybridized carbons (Fsp3) is 0.600. The van der Waals surface area contributed by atoms with Crippen LogP contribution in [0.5, 0.6) is 0 Å². The molecule has 2 saturated heterocycles. The van der Waals surface area contributed by atoms with Crippen molar-refractivity contribution in [3.05, 3.63) is 24.3 Å². The topological polar surface area (TPSA) is 52.7 Å². The maximum Gasteiger partial charge on any atom is 0.228 e. The summed E-state index contributed by atoms with van der Waals surface area (Å²) < 4.78 is 0. The Morgan fingerprint density at radius 1 is 1.23 bits per heavy atom. The van der Waals surface area contributed by atoms with Crippen molar-refractivity contribution in [2.24, 2.45) is 11.8 Å². The summed E-state index contributed by atoms with van der Waals surface area (Å²) >= 11 is 1.68. The maximum absolute atomic E-state index is 12.9. The van der Waals surface area contributed by atoms with E-state index < -0.39 is 0 Å². The molecule has 2 aliphatic heterocycles. The summed E-state index contributed by atoms with van der Waals surface area (Å²) in [5.74, 6) is 0.675. The van der Waals surface area contributed by atoms with Crippen molar-refractivity contribution in [1.82, 2.24) is 10.2 Å². The number of nitrogens with zero attached hydrogens (tertiary/aromatic N) is 2. The van der Waals surface area contributed by atoms with Crippen LogP contribution in [0, 0.1) is 11.8 Å². The third-order valence-corrected chi connectivity index (χ3v) is 6.21. The largest absolute Gasteiger partial charge is 0.342 e. The highest BCUT2D eigenvalue weighted by atomic mass is 32.2. The van der Waals surface area contributed by atoms with Crippen LogP contribution >= 0.6 is 11.8 Å². The van der Waals surface area contributed by atoms with Crippen LogP contribution in [0.15, 0.2) is 29.2 Å². The SMILES string of the molecule is CCNCC1CCN(C(=O)C2CC(=O)N(c3ccc(SC)cc3)C2)CC1. The van der Waals surface area contributed by atoms with E-state index >= 15 is 0 Å². The number of hydrogen-bond acceptors (Lipinski definition) is 4. The van der Waals surface area contributed by atoms with Crippen molar-refractivity contribution in [3.63, 3.8) is 0 Å². The molecule has 26 heavy (non-hydrogen) atoms. The number of rotatable bonds is 6. The normalized spacial score (nSPS) is 21.5. The molecule has 1 N–H and O–H groups in total. The van der Waals surface area contributed by atoms with Gasteiger partial charge in [-0.2, -0.15) is 0 Å². The lowest BCUT2D eigenvalue weighted by molar-refractivity contribution is -0.137. The van der Waals surface area contributed by atoms with Crippen molar-refractivity contribution in [1.29, 1.82) is 0 Å². The summed E-state index contributed by atoms with van der Waals surface area (Å²) in [6.07, 6.45) is 4.48. The van der Waals surface area contributed by atoms with Crippen molar-refractivity contribution >= 4 is 29.3 Å².